The number of hydrogen-bond acceptors (Lipinski definition) is 3. The molecule has 2 fully saturated rings. The normalized spacial score (nSPS) is 24.6. The number of guanidine groups is 1. The van der Waals surface area contributed by atoms with Crippen LogP contribution in [0.1, 0.15) is 51.5 Å². The van der Waals surface area contributed by atoms with E-state index in [-0.39, 0.29) is 24.0 Å². The van der Waals surface area contributed by atoms with Gasteiger partial charge in [0, 0.05) is 38.3 Å². The predicted molar refractivity (Wildman–Crippen MR) is 119 cm³/mol. The lowest BCUT2D eigenvalue weighted by molar-refractivity contribution is 0.198. The number of piperidine rings is 1. The van der Waals surface area contributed by atoms with E-state index in [0.29, 0.717) is 12.1 Å². The summed E-state index contributed by atoms with van der Waals surface area (Å²) in [4.78, 5) is 7.23. The lowest BCUT2D eigenvalue weighted by Crippen LogP contribution is -2.49. The van der Waals surface area contributed by atoms with Crippen LogP contribution in [0.2, 0.25) is 0 Å². The lowest BCUT2D eigenvalue weighted by atomic mass is 10.0. The van der Waals surface area contributed by atoms with Crippen molar-refractivity contribution in [2.45, 2.75) is 64.6 Å². The maximum absolute atomic E-state index is 4.66. The van der Waals surface area contributed by atoms with Crippen molar-refractivity contribution >= 4 is 41.3 Å². The molecular weight excluding hydrogens is 443 g/mol. The van der Waals surface area contributed by atoms with Crippen LogP contribution in [0.25, 0.3) is 0 Å². The Morgan fingerprint density at radius 3 is 2.72 bits per heavy atom. The van der Waals surface area contributed by atoms with Gasteiger partial charge in [0.15, 0.2) is 5.96 Å². The summed E-state index contributed by atoms with van der Waals surface area (Å²) in [5.74, 6) is 1.91. The zero-order valence-electron chi connectivity index (χ0n) is 15.5. The molecule has 0 bridgehead atoms. The first-order valence-electron chi connectivity index (χ1n) is 9.59. The van der Waals surface area contributed by atoms with Crippen LogP contribution >= 0.6 is 35.3 Å². The molecule has 25 heavy (non-hydrogen) atoms. The number of aliphatic imine (C=N–C) groups is 1. The minimum absolute atomic E-state index is 0. The monoisotopic (exact) mass is 476 g/mol. The fourth-order valence-corrected chi connectivity index (χ4v) is 4.31. The molecule has 1 saturated carbocycles. The molecule has 2 heterocycles. The van der Waals surface area contributed by atoms with Crippen molar-refractivity contribution in [2.24, 2.45) is 10.9 Å². The van der Waals surface area contributed by atoms with Crippen molar-refractivity contribution in [3.63, 3.8) is 0 Å². The van der Waals surface area contributed by atoms with Crippen LogP contribution < -0.4 is 10.6 Å². The van der Waals surface area contributed by atoms with E-state index in [4.69, 9.17) is 0 Å². The fraction of sp³-hybridized carbons (Fsp3) is 0.737. The molecule has 1 saturated heterocycles. The van der Waals surface area contributed by atoms with Gasteiger partial charge in [-0.1, -0.05) is 13.3 Å². The molecule has 3 rings (SSSR count). The van der Waals surface area contributed by atoms with Crippen LogP contribution in [0.15, 0.2) is 21.8 Å². The molecule has 142 valence electrons. The van der Waals surface area contributed by atoms with Crippen molar-refractivity contribution in [1.29, 1.82) is 0 Å². The summed E-state index contributed by atoms with van der Waals surface area (Å²) in [5, 5.41) is 11.8. The summed E-state index contributed by atoms with van der Waals surface area (Å²) in [5.41, 5.74) is 1.46. The number of likely N-dealkylation sites (tertiary alicyclic amines) is 1. The highest BCUT2D eigenvalue weighted by Gasteiger charge is 2.36. The SMILES string of the molecule is CCCC1CC1NC(=NCC)NC1CCN(Cc2ccsc2)CC1.I. The van der Waals surface area contributed by atoms with Crippen molar-refractivity contribution in [1.82, 2.24) is 15.5 Å². The average Bonchev–Trinajstić information content (AvgIpc) is 3.08. The van der Waals surface area contributed by atoms with E-state index in [0.717, 1.165) is 25.0 Å². The Kier molecular flexibility index (Phi) is 8.99. The van der Waals surface area contributed by atoms with Crippen LogP contribution in [0.4, 0.5) is 0 Å². The van der Waals surface area contributed by atoms with Gasteiger partial charge < -0.3 is 10.6 Å². The van der Waals surface area contributed by atoms with Gasteiger partial charge in [-0.15, -0.1) is 24.0 Å². The molecule has 0 aromatic carbocycles. The first-order chi connectivity index (χ1) is 11.8. The molecule has 2 N–H and O–H groups in total. The van der Waals surface area contributed by atoms with E-state index in [2.05, 4.69) is 51.2 Å². The highest BCUT2D eigenvalue weighted by atomic mass is 127. The standard InChI is InChI=1S/C19H32N4S.HI/c1-3-5-16-12-18(16)22-19(20-4-2)21-17-6-9-23(10-7-17)13-15-8-11-24-14-15;/h8,11,14,16-18H,3-7,9-10,12-13H2,1-2H3,(H2,20,21,22);1H. The van der Waals surface area contributed by atoms with Gasteiger partial charge in [0.1, 0.15) is 0 Å². The third kappa shape index (κ3) is 6.71. The van der Waals surface area contributed by atoms with E-state index in [1.807, 2.05) is 0 Å². The quantitative estimate of drug-likeness (QED) is 0.354. The highest BCUT2D eigenvalue weighted by molar-refractivity contribution is 14.0. The largest absolute Gasteiger partial charge is 0.354 e. The molecule has 0 amide bonds. The minimum Gasteiger partial charge on any atom is -0.354 e. The third-order valence-electron chi connectivity index (χ3n) is 5.14. The number of thiophene rings is 1. The Labute approximate surface area is 173 Å². The first kappa shape index (κ1) is 21.0. The van der Waals surface area contributed by atoms with E-state index in [1.165, 1.54) is 50.8 Å². The number of nitrogens with zero attached hydrogens (tertiary/aromatic N) is 2. The Bertz CT molecular complexity index is 512. The molecule has 6 heteroatoms. The van der Waals surface area contributed by atoms with Crippen LogP contribution in [-0.4, -0.2) is 42.6 Å². The Balaban J connectivity index is 0.00000225. The Morgan fingerprint density at radius 2 is 2.08 bits per heavy atom. The summed E-state index contributed by atoms with van der Waals surface area (Å²) in [6, 6.07) is 3.46. The van der Waals surface area contributed by atoms with Gasteiger partial charge in [0.2, 0.25) is 0 Å². The van der Waals surface area contributed by atoms with Crippen LogP contribution in [0, 0.1) is 5.92 Å². The predicted octanol–water partition coefficient (Wildman–Crippen LogP) is 4.07. The van der Waals surface area contributed by atoms with Crippen molar-refractivity contribution in [2.75, 3.05) is 19.6 Å². The Hall–Kier alpha value is -0.340. The second-order valence-corrected chi connectivity index (χ2v) is 7.96. The molecule has 1 aromatic rings. The van der Waals surface area contributed by atoms with Gasteiger partial charge in [-0.2, -0.15) is 11.3 Å². The second-order valence-electron chi connectivity index (χ2n) is 7.18. The van der Waals surface area contributed by atoms with E-state index in [1.54, 1.807) is 11.3 Å². The summed E-state index contributed by atoms with van der Waals surface area (Å²) < 4.78 is 0. The van der Waals surface area contributed by atoms with Gasteiger partial charge in [-0.3, -0.25) is 9.89 Å². The molecule has 2 aliphatic rings. The molecule has 0 radical (unpaired) electrons. The van der Waals surface area contributed by atoms with Crippen molar-refractivity contribution in [3.05, 3.63) is 22.4 Å². The molecule has 1 aromatic heterocycles. The van der Waals surface area contributed by atoms with Crippen LogP contribution in [0.3, 0.4) is 0 Å². The van der Waals surface area contributed by atoms with Gasteiger partial charge in [0.05, 0.1) is 0 Å². The number of nitrogens with one attached hydrogen (secondary N) is 2. The molecule has 4 nitrogen and oxygen atoms in total. The van der Waals surface area contributed by atoms with E-state index in [9.17, 15) is 0 Å². The topological polar surface area (TPSA) is 39.7 Å². The molecule has 1 aliphatic carbocycles. The lowest BCUT2D eigenvalue weighted by Gasteiger charge is -2.33. The van der Waals surface area contributed by atoms with Crippen molar-refractivity contribution in [3.8, 4) is 0 Å². The fourth-order valence-electron chi connectivity index (χ4n) is 3.65. The minimum atomic E-state index is 0. The smallest absolute Gasteiger partial charge is 0.191 e. The summed E-state index contributed by atoms with van der Waals surface area (Å²) in [7, 11) is 0. The van der Waals surface area contributed by atoms with Crippen molar-refractivity contribution < 1.29 is 0 Å². The molecule has 2 unspecified atom stereocenters. The molecular formula is C19H33IN4S. The molecule has 1 aliphatic heterocycles. The van der Waals surface area contributed by atoms with E-state index < -0.39 is 0 Å². The van der Waals surface area contributed by atoms with Crippen LogP contribution in [-0.2, 0) is 6.54 Å². The summed E-state index contributed by atoms with van der Waals surface area (Å²) in [6.45, 7) is 8.69. The van der Waals surface area contributed by atoms with Gasteiger partial charge >= 0.3 is 0 Å². The number of rotatable bonds is 7. The van der Waals surface area contributed by atoms with E-state index >= 15 is 0 Å². The number of halogens is 1. The Morgan fingerprint density at radius 1 is 1.28 bits per heavy atom. The van der Waals surface area contributed by atoms with Gasteiger partial charge in [0.25, 0.3) is 0 Å². The molecule has 2 atom stereocenters. The average molecular weight is 476 g/mol. The zero-order chi connectivity index (χ0) is 16.8. The molecule has 0 spiro atoms. The highest BCUT2D eigenvalue weighted by Crippen LogP contribution is 2.34. The van der Waals surface area contributed by atoms with Gasteiger partial charge in [-0.25, -0.2) is 0 Å². The van der Waals surface area contributed by atoms with Crippen LogP contribution in [0.5, 0.6) is 0 Å². The summed E-state index contributed by atoms with van der Waals surface area (Å²) in [6.07, 6.45) is 6.36. The maximum atomic E-state index is 4.66. The second kappa shape index (κ2) is 10.7. The first-order valence-corrected chi connectivity index (χ1v) is 10.5. The third-order valence-corrected chi connectivity index (χ3v) is 5.87. The zero-order valence-corrected chi connectivity index (χ0v) is 18.7. The number of hydrogen-bond donors (Lipinski definition) is 2. The van der Waals surface area contributed by atoms with Gasteiger partial charge in [-0.05, 0) is 60.9 Å². The maximum Gasteiger partial charge on any atom is 0.191 e. The summed E-state index contributed by atoms with van der Waals surface area (Å²) >= 11 is 1.79.